The number of para-hydroxylation sites is 1. The summed E-state index contributed by atoms with van der Waals surface area (Å²) in [6.07, 6.45) is 0.871. The molecule has 0 aliphatic heterocycles. The van der Waals surface area contributed by atoms with E-state index in [0.717, 1.165) is 18.1 Å². The van der Waals surface area contributed by atoms with Crippen molar-refractivity contribution in [2.24, 2.45) is 0 Å². The van der Waals surface area contributed by atoms with Crippen molar-refractivity contribution in [3.05, 3.63) is 64.2 Å². The van der Waals surface area contributed by atoms with Crippen LogP contribution in [0.1, 0.15) is 31.7 Å². The minimum Gasteiger partial charge on any atom is -0.279 e. The molecule has 23 heavy (non-hydrogen) atoms. The van der Waals surface area contributed by atoms with Crippen molar-refractivity contribution >= 4 is 21.4 Å². The summed E-state index contributed by atoms with van der Waals surface area (Å²) in [5.74, 6) is 0.194. The number of sulfonamides is 1. The molecule has 0 heterocycles. The molecule has 0 aromatic heterocycles. The first-order chi connectivity index (χ1) is 10.8. The van der Waals surface area contributed by atoms with Crippen molar-refractivity contribution in [1.29, 1.82) is 0 Å². The topological polar surface area (TPSA) is 89.3 Å². The second kappa shape index (κ2) is 6.78. The highest BCUT2D eigenvalue weighted by molar-refractivity contribution is 7.92. The van der Waals surface area contributed by atoms with Gasteiger partial charge in [-0.1, -0.05) is 38.1 Å². The summed E-state index contributed by atoms with van der Waals surface area (Å²) in [5.41, 5.74) is 1.13. The molecule has 7 heteroatoms. The lowest BCUT2D eigenvalue weighted by Crippen LogP contribution is -2.15. The molecule has 0 spiro atoms. The Morgan fingerprint density at radius 2 is 1.87 bits per heavy atom. The van der Waals surface area contributed by atoms with Gasteiger partial charge in [0.1, 0.15) is 0 Å². The first-order valence-electron chi connectivity index (χ1n) is 7.21. The van der Waals surface area contributed by atoms with E-state index in [1.807, 2.05) is 26.0 Å². The molecule has 2 aromatic carbocycles. The van der Waals surface area contributed by atoms with Crippen LogP contribution >= 0.6 is 0 Å². The van der Waals surface area contributed by atoms with Crippen molar-refractivity contribution in [3.8, 4) is 0 Å². The fourth-order valence-electron chi connectivity index (χ4n) is 2.21. The van der Waals surface area contributed by atoms with Gasteiger partial charge in [0.15, 0.2) is 0 Å². The maximum absolute atomic E-state index is 12.5. The van der Waals surface area contributed by atoms with Crippen molar-refractivity contribution in [1.82, 2.24) is 0 Å². The SMILES string of the molecule is CC[C@H](C)c1ccccc1NS(=O)(=O)c1cccc([N+](=O)[O-])c1. The van der Waals surface area contributed by atoms with E-state index in [-0.39, 0.29) is 16.5 Å². The third-order valence-electron chi connectivity index (χ3n) is 3.69. The normalized spacial score (nSPS) is 12.6. The standard InChI is InChI=1S/C16H18N2O4S/c1-3-12(2)15-9-4-5-10-16(15)17-23(21,22)14-8-6-7-13(11-14)18(19)20/h4-12,17H,3H2,1-2H3/t12-/m0/s1. The molecular formula is C16H18N2O4S. The predicted molar refractivity (Wildman–Crippen MR) is 89.1 cm³/mol. The summed E-state index contributed by atoms with van der Waals surface area (Å²) in [5, 5.41) is 10.8. The highest BCUT2D eigenvalue weighted by atomic mass is 32.2. The number of nitrogens with zero attached hydrogens (tertiary/aromatic N) is 1. The second-order valence-electron chi connectivity index (χ2n) is 5.26. The summed E-state index contributed by atoms with van der Waals surface area (Å²) in [7, 11) is -3.89. The second-order valence-corrected chi connectivity index (χ2v) is 6.94. The van der Waals surface area contributed by atoms with Gasteiger partial charge in [-0.15, -0.1) is 0 Å². The molecule has 0 fully saturated rings. The number of rotatable bonds is 6. The number of anilines is 1. The van der Waals surface area contributed by atoms with Crippen LogP contribution in [0.5, 0.6) is 0 Å². The number of benzene rings is 2. The Morgan fingerprint density at radius 1 is 1.17 bits per heavy atom. The highest BCUT2D eigenvalue weighted by Gasteiger charge is 2.19. The van der Waals surface area contributed by atoms with Crippen LogP contribution in [-0.4, -0.2) is 13.3 Å². The van der Waals surface area contributed by atoms with Crippen LogP contribution in [-0.2, 0) is 10.0 Å². The zero-order valence-corrected chi connectivity index (χ0v) is 13.7. The van der Waals surface area contributed by atoms with E-state index in [1.165, 1.54) is 18.2 Å². The Hall–Kier alpha value is -2.41. The summed E-state index contributed by atoms with van der Waals surface area (Å²) in [4.78, 5) is 10.1. The fourth-order valence-corrected chi connectivity index (χ4v) is 3.33. The van der Waals surface area contributed by atoms with E-state index in [4.69, 9.17) is 0 Å². The average molecular weight is 334 g/mol. The van der Waals surface area contributed by atoms with E-state index in [2.05, 4.69) is 4.72 Å². The minimum atomic E-state index is -3.89. The number of nitro groups is 1. The van der Waals surface area contributed by atoms with Crippen LogP contribution < -0.4 is 4.72 Å². The third kappa shape index (κ3) is 3.87. The molecule has 0 radical (unpaired) electrons. The minimum absolute atomic E-state index is 0.134. The Balaban J connectivity index is 2.40. The van der Waals surface area contributed by atoms with Gasteiger partial charge in [0, 0.05) is 12.1 Å². The molecule has 122 valence electrons. The summed E-state index contributed by atoms with van der Waals surface area (Å²) >= 11 is 0. The Labute approximate surface area is 135 Å². The fraction of sp³-hybridized carbons (Fsp3) is 0.250. The molecule has 0 aliphatic carbocycles. The monoisotopic (exact) mass is 334 g/mol. The lowest BCUT2D eigenvalue weighted by atomic mass is 9.97. The van der Waals surface area contributed by atoms with Crippen LogP contribution in [0.4, 0.5) is 11.4 Å². The van der Waals surface area contributed by atoms with Crippen molar-refractivity contribution in [2.75, 3.05) is 4.72 Å². The number of nitrogens with one attached hydrogen (secondary N) is 1. The maximum atomic E-state index is 12.5. The molecule has 2 aromatic rings. The van der Waals surface area contributed by atoms with Gasteiger partial charge in [0.25, 0.3) is 15.7 Å². The summed E-state index contributed by atoms with van der Waals surface area (Å²) in [6, 6.07) is 12.2. The van der Waals surface area contributed by atoms with Gasteiger partial charge in [0.05, 0.1) is 15.5 Å². The summed E-state index contributed by atoms with van der Waals surface area (Å²) in [6.45, 7) is 4.04. The molecule has 0 bridgehead atoms. The van der Waals surface area contributed by atoms with Gasteiger partial charge in [-0.2, -0.15) is 0 Å². The van der Waals surface area contributed by atoms with Crippen LogP contribution in [0, 0.1) is 10.1 Å². The average Bonchev–Trinajstić information content (AvgIpc) is 2.54. The number of hydrogen-bond donors (Lipinski definition) is 1. The predicted octanol–water partition coefficient (Wildman–Crippen LogP) is 3.91. The van der Waals surface area contributed by atoms with Crippen LogP contribution in [0.25, 0.3) is 0 Å². The van der Waals surface area contributed by atoms with E-state index in [0.29, 0.717) is 5.69 Å². The van der Waals surface area contributed by atoms with Crippen LogP contribution in [0.3, 0.4) is 0 Å². The smallest absolute Gasteiger partial charge is 0.270 e. The number of hydrogen-bond acceptors (Lipinski definition) is 4. The molecule has 6 nitrogen and oxygen atoms in total. The van der Waals surface area contributed by atoms with E-state index in [9.17, 15) is 18.5 Å². The zero-order chi connectivity index (χ0) is 17.0. The van der Waals surface area contributed by atoms with Gasteiger partial charge in [-0.3, -0.25) is 14.8 Å². The largest absolute Gasteiger partial charge is 0.279 e. The third-order valence-corrected chi connectivity index (χ3v) is 5.05. The molecule has 2 rings (SSSR count). The first kappa shape index (κ1) is 17.0. The first-order valence-corrected chi connectivity index (χ1v) is 8.69. The van der Waals surface area contributed by atoms with E-state index in [1.54, 1.807) is 12.1 Å². The summed E-state index contributed by atoms with van der Waals surface area (Å²) < 4.78 is 27.5. The van der Waals surface area contributed by atoms with Crippen molar-refractivity contribution in [3.63, 3.8) is 0 Å². The maximum Gasteiger partial charge on any atom is 0.270 e. The molecule has 0 amide bonds. The molecule has 1 N–H and O–H groups in total. The van der Waals surface area contributed by atoms with E-state index < -0.39 is 14.9 Å². The molecule has 0 aliphatic rings. The molecule has 1 atom stereocenters. The van der Waals surface area contributed by atoms with Crippen molar-refractivity contribution in [2.45, 2.75) is 31.1 Å². The van der Waals surface area contributed by atoms with E-state index >= 15 is 0 Å². The molecule has 0 saturated carbocycles. The van der Waals surface area contributed by atoms with Gasteiger partial charge in [0.2, 0.25) is 0 Å². The molecule has 0 saturated heterocycles. The highest BCUT2D eigenvalue weighted by Crippen LogP contribution is 2.28. The number of non-ortho nitro benzene ring substituents is 1. The lowest BCUT2D eigenvalue weighted by Gasteiger charge is -2.16. The Morgan fingerprint density at radius 3 is 2.52 bits per heavy atom. The Kier molecular flexibility index (Phi) is 5.00. The van der Waals surface area contributed by atoms with Gasteiger partial charge < -0.3 is 0 Å². The molecule has 0 unspecified atom stereocenters. The van der Waals surface area contributed by atoms with Gasteiger partial charge >= 0.3 is 0 Å². The zero-order valence-electron chi connectivity index (χ0n) is 12.9. The van der Waals surface area contributed by atoms with Crippen LogP contribution in [0.15, 0.2) is 53.4 Å². The van der Waals surface area contributed by atoms with Gasteiger partial charge in [-0.25, -0.2) is 8.42 Å². The Bertz CT molecular complexity index is 818. The van der Waals surface area contributed by atoms with Crippen LogP contribution in [0.2, 0.25) is 0 Å². The van der Waals surface area contributed by atoms with Gasteiger partial charge in [-0.05, 0) is 30.0 Å². The quantitative estimate of drug-likeness (QED) is 0.640. The lowest BCUT2D eigenvalue weighted by molar-refractivity contribution is -0.385. The molecular weight excluding hydrogens is 316 g/mol. The van der Waals surface area contributed by atoms with Crippen molar-refractivity contribution < 1.29 is 13.3 Å². The number of nitro benzene ring substituents is 1.